The smallest absolute Gasteiger partial charge is 0.259 e. The summed E-state index contributed by atoms with van der Waals surface area (Å²) in [6.07, 6.45) is 1.93. The molecule has 5 rings (SSSR count). The number of carbonyl (C=O) groups excluding carboxylic acids is 2. The van der Waals surface area contributed by atoms with E-state index >= 15 is 0 Å². The van der Waals surface area contributed by atoms with Gasteiger partial charge in [0.15, 0.2) is 0 Å². The zero-order chi connectivity index (χ0) is 23.3. The third-order valence-electron chi connectivity index (χ3n) is 5.85. The van der Waals surface area contributed by atoms with Gasteiger partial charge in [-0.05, 0) is 73.0 Å². The maximum absolute atomic E-state index is 13.2. The molecule has 0 aromatic heterocycles. The number of amides is 2. The molecule has 0 spiro atoms. The fourth-order valence-electron chi connectivity index (χ4n) is 4.15. The van der Waals surface area contributed by atoms with E-state index in [0.29, 0.717) is 34.9 Å². The fourth-order valence-corrected chi connectivity index (χ4v) is 4.15. The summed E-state index contributed by atoms with van der Waals surface area (Å²) in [6.45, 7) is 0.701. The second-order valence-electron chi connectivity index (χ2n) is 8.13. The average Bonchev–Trinajstić information content (AvgIpc) is 2.89. The molecule has 0 fully saturated rings. The molecule has 0 bridgehead atoms. The van der Waals surface area contributed by atoms with Crippen molar-refractivity contribution in [3.63, 3.8) is 0 Å². The highest BCUT2D eigenvalue weighted by atomic mass is 16.5. The monoisotopic (exact) mass is 448 g/mol. The molecule has 5 heteroatoms. The quantitative estimate of drug-likeness (QED) is 0.388. The summed E-state index contributed by atoms with van der Waals surface area (Å²) in [6, 6.07) is 31.5. The number of benzene rings is 4. The summed E-state index contributed by atoms with van der Waals surface area (Å²) >= 11 is 0. The predicted octanol–water partition coefficient (Wildman–Crippen LogP) is 6.32. The van der Waals surface area contributed by atoms with E-state index in [4.69, 9.17) is 4.74 Å². The number of para-hydroxylation sites is 3. The predicted molar refractivity (Wildman–Crippen MR) is 134 cm³/mol. The molecule has 0 atom stereocenters. The molecule has 168 valence electrons. The van der Waals surface area contributed by atoms with Crippen molar-refractivity contribution in [3.8, 4) is 11.5 Å². The molecular weight excluding hydrogens is 424 g/mol. The van der Waals surface area contributed by atoms with Gasteiger partial charge in [0.2, 0.25) is 0 Å². The minimum atomic E-state index is -0.282. The molecule has 0 saturated carbocycles. The number of aryl methyl sites for hydroxylation is 1. The molecule has 0 radical (unpaired) electrons. The van der Waals surface area contributed by atoms with Gasteiger partial charge >= 0.3 is 0 Å². The summed E-state index contributed by atoms with van der Waals surface area (Å²) < 4.78 is 5.90. The van der Waals surface area contributed by atoms with Crippen LogP contribution in [0.5, 0.6) is 11.5 Å². The highest BCUT2D eigenvalue weighted by molar-refractivity contribution is 6.08. The number of fused-ring (bicyclic) bond motifs is 1. The van der Waals surface area contributed by atoms with Crippen LogP contribution in [0.2, 0.25) is 0 Å². The molecule has 1 aliphatic heterocycles. The summed E-state index contributed by atoms with van der Waals surface area (Å²) in [7, 11) is 0. The Morgan fingerprint density at radius 2 is 1.47 bits per heavy atom. The Hall–Kier alpha value is -4.38. The number of ether oxygens (including phenoxy) is 1. The van der Waals surface area contributed by atoms with Crippen molar-refractivity contribution < 1.29 is 14.3 Å². The Morgan fingerprint density at radius 1 is 0.765 bits per heavy atom. The van der Waals surface area contributed by atoms with Gasteiger partial charge in [0, 0.05) is 23.5 Å². The zero-order valence-corrected chi connectivity index (χ0v) is 18.6. The maximum Gasteiger partial charge on any atom is 0.259 e. The normalized spacial score (nSPS) is 12.5. The summed E-state index contributed by atoms with van der Waals surface area (Å²) in [4.78, 5) is 28.0. The van der Waals surface area contributed by atoms with E-state index in [1.165, 1.54) is 5.56 Å². The van der Waals surface area contributed by atoms with Crippen LogP contribution >= 0.6 is 0 Å². The molecule has 0 unspecified atom stereocenters. The molecule has 0 aliphatic carbocycles. The van der Waals surface area contributed by atoms with Gasteiger partial charge in [-0.1, -0.05) is 48.5 Å². The Balaban J connectivity index is 1.30. The van der Waals surface area contributed by atoms with Gasteiger partial charge in [-0.15, -0.1) is 0 Å². The van der Waals surface area contributed by atoms with E-state index in [1.807, 2.05) is 59.5 Å². The zero-order valence-electron chi connectivity index (χ0n) is 18.6. The van der Waals surface area contributed by atoms with Crippen LogP contribution in [-0.4, -0.2) is 18.4 Å². The lowest BCUT2D eigenvalue weighted by Gasteiger charge is -2.29. The molecule has 1 heterocycles. The molecule has 2 amide bonds. The number of nitrogens with one attached hydrogen (secondary N) is 1. The second kappa shape index (κ2) is 9.63. The van der Waals surface area contributed by atoms with E-state index in [-0.39, 0.29) is 11.8 Å². The SMILES string of the molecule is O=C(Nc1ccc(C(=O)N2CCCc3ccccc32)cc1)c1ccccc1Oc1ccccc1. The molecule has 1 N–H and O–H groups in total. The third kappa shape index (κ3) is 4.55. The second-order valence-corrected chi connectivity index (χ2v) is 8.13. The Morgan fingerprint density at radius 3 is 2.29 bits per heavy atom. The molecule has 1 aliphatic rings. The first-order chi connectivity index (χ1) is 16.7. The van der Waals surface area contributed by atoms with E-state index in [2.05, 4.69) is 11.4 Å². The van der Waals surface area contributed by atoms with Crippen LogP contribution in [0.1, 0.15) is 32.7 Å². The van der Waals surface area contributed by atoms with Gasteiger partial charge in [-0.3, -0.25) is 9.59 Å². The van der Waals surface area contributed by atoms with Crippen molar-refractivity contribution in [2.24, 2.45) is 0 Å². The minimum Gasteiger partial charge on any atom is -0.457 e. The Kier molecular flexibility index (Phi) is 6.08. The lowest BCUT2D eigenvalue weighted by atomic mass is 10.0. The largest absolute Gasteiger partial charge is 0.457 e. The van der Waals surface area contributed by atoms with Crippen molar-refractivity contribution in [1.82, 2.24) is 0 Å². The summed E-state index contributed by atoms with van der Waals surface area (Å²) in [5.41, 5.74) is 3.79. The lowest BCUT2D eigenvalue weighted by Crippen LogP contribution is -2.35. The van der Waals surface area contributed by atoms with Crippen LogP contribution in [0.15, 0.2) is 103 Å². The highest BCUT2D eigenvalue weighted by Crippen LogP contribution is 2.29. The van der Waals surface area contributed by atoms with Crippen molar-refractivity contribution in [2.45, 2.75) is 12.8 Å². The lowest BCUT2D eigenvalue weighted by molar-refractivity contribution is 0.0984. The molecule has 34 heavy (non-hydrogen) atoms. The van der Waals surface area contributed by atoms with Gasteiger partial charge in [-0.2, -0.15) is 0 Å². The van der Waals surface area contributed by atoms with Crippen LogP contribution in [-0.2, 0) is 6.42 Å². The highest BCUT2D eigenvalue weighted by Gasteiger charge is 2.23. The fraction of sp³-hybridized carbons (Fsp3) is 0.103. The van der Waals surface area contributed by atoms with Crippen molar-refractivity contribution in [2.75, 3.05) is 16.8 Å². The van der Waals surface area contributed by atoms with Gasteiger partial charge in [-0.25, -0.2) is 0 Å². The number of nitrogens with zero attached hydrogens (tertiary/aromatic N) is 1. The van der Waals surface area contributed by atoms with E-state index < -0.39 is 0 Å². The first kappa shape index (κ1) is 21.5. The molecule has 4 aromatic carbocycles. The van der Waals surface area contributed by atoms with Gasteiger partial charge in [0.1, 0.15) is 11.5 Å². The number of carbonyl (C=O) groups is 2. The van der Waals surface area contributed by atoms with Gasteiger partial charge in [0.25, 0.3) is 11.8 Å². The van der Waals surface area contributed by atoms with Crippen LogP contribution < -0.4 is 15.0 Å². The number of hydrogen-bond acceptors (Lipinski definition) is 3. The van der Waals surface area contributed by atoms with Crippen LogP contribution in [0, 0.1) is 0 Å². The topological polar surface area (TPSA) is 58.6 Å². The minimum absolute atomic E-state index is 0.0355. The Labute approximate surface area is 198 Å². The van der Waals surface area contributed by atoms with Crippen LogP contribution in [0.3, 0.4) is 0 Å². The molecular formula is C29H24N2O3. The summed E-state index contributed by atoms with van der Waals surface area (Å²) in [5.74, 6) is 0.814. The third-order valence-corrected chi connectivity index (χ3v) is 5.85. The van der Waals surface area contributed by atoms with Crippen LogP contribution in [0.25, 0.3) is 0 Å². The van der Waals surface area contributed by atoms with E-state index in [0.717, 1.165) is 18.5 Å². The Bertz CT molecular complexity index is 1320. The van der Waals surface area contributed by atoms with Crippen molar-refractivity contribution in [3.05, 3.63) is 120 Å². The first-order valence-corrected chi connectivity index (χ1v) is 11.3. The van der Waals surface area contributed by atoms with Gasteiger partial charge < -0.3 is 15.0 Å². The van der Waals surface area contributed by atoms with Gasteiger partial charge in [0.05, 0.1) is 5.56 Å². The van der Waals surface area contributed by atoms with E-state index in [1.54, 1.807) is 42.5 Å². The van der Waals surface area contributed by atoms with Crippen LogP contribution in [0.4, 0.5) is 11.4 Å². The van der Waals surface area contributed by atoms with Crippen molar-refractivity contribution >= 4 is 23.2 Å². The number of hydrogen-bond donors (Lipinski definition) is 1. The first-order valence-electron chi connectivity index (χ1n) is 11.3. The standard InChI is InChI=1S/C29H24N2O3/c32-28(25-13-5-7-15-27(25)34-24-11-2-1-3-12-24)30-23-18-16-22(17-19-23)29(33)31-20-8-10-21-9-4-6-14-26(21)31/h1-7,9,11-19H,8,10,20H2,(H,30,32). The molecule has 5 nitrogen and oxygen atoms in total. The summed E-state index contributed by atoms with van der Waals surface area (Å²) in [5, 5.41) is 2.90. The number of rotatable bonds is 5. The molecule has 0 saturated heterocycles. The van der Waals surface area contributed by atoms with Crippen molar-refractivity contribution in [1.29, 1.82) is 0 Å². The molecule has 4 aromatic rings. The average molecular weight is 449 g/mol. The maximum atomic E-state index is 13.2. The number of anilines is 2. The van der Waals surface area contributed by atoms with E-state index in [9.17, 15) is 9.59 Å².